The lowest BCUT2D eigenvalue weighted by molar-refractivity contribution is -0.0491. The first kappa shape index (κ1) is 19.0. The molecular formula is C24H42N2. The van der Waals surface area contributed by atoms with Crippen molar-refractivity contribution < 1.29 is 0 Å². The van der Waals surface area contributed by atoms with Gasteiger partial charge in [0.2, 0.25) is 0 Å². The van der Waals surface area contributed by atoms with E-state index >= 15 is 0 Å². The molecule has 1 N–H and O–H groups in total. The summed E-state index contributed by atoms with van der Waals surface area (Å²) in [5.74, 6) is 3.74. The highest BCUT2D eigenvalue weighted by Gasteiger charge is 2.59. The van der Waals surface area contributed by atoms with Gasteiger partial charge in [-0.3, -0.25) is 0 Å². The van der Waals surface area contributed by atoms with Crippen molar-refractivity contribution in [2.24, 2.45) is 34.5 Å². The maximum atomic E-state index is 3.59. The summed E-state index contributed by atoms with van der Waals surface area (Å²) >= 11 is 0. The fourth-order valence-electron chi connectivity index (χ4n) is 8.15. The molecule has 4 aliphatic carbocycles. The molecule has 1 unspecified atom stereocenters. The van der Waals surface area contributed by atoms with Crippen molar-refractivity contribution in [1.82, 2.24) is 10.2 Å². The summed E-state index contributed by atoms with van der Waals surface area (Å²) in [6.45, 7) is 7.73. The van der Waals surface area contributed by atoms with Crippen LogP contribution in [0.2, 0.25) is 0 Å². The number of fused-ring (bicyclic) bond motifs is 5. The van der Waals surface area contributed by atoms with E-state index in [4.69, 9.17) is 0 Å². The third kappa shape index (κ3) is 2.65. The summed E-state index contributed by atoms with van der Waals surface area (Å²) in [6.07, 6.45) is 14.1. The lowest BCUT2D eigenvalue weighted by Gasteiger charge is -2.59. The number of nitrogens with zero attached hydrogens (tertiary/aromatic N) is 1. The normalized spacial score (nSPS) is 49.2. The molecule has 0 bridgehead atoms. The van der Waals surface area contributed by atoms with Crippen molar-refractivity contribution in [2.45, 2.75) is 84.2 Å². The van der Waals surface area contributed by atoms with E-state index in [0.717, 1.165) is 29.7 Å². The molecule has 0 aromatic rings. The van der Waals surface area contributed by atoms with Crippen LogP contribution < -0.4 is 5.32 Å². The molecule has 0 spiro atoms. The topological polar surface area (TPSA) is 15.3 Å². The minimum absolute atomic E-state index is 0.503. The third-order valence-corrected chi connectivity index (χ3v) is 9.94. The van der Waals surface area contributed by atoms with Crippen LogP contribution in [0.4, 0.5) is 0 Å². The number of rotatable bonds is 3. The quantitative estimate of drug-likeness (QED) is 0.706. The maximum Gasteiger partial charge on any atom is 0.0127 e. The molecule has 0 amide bonds. The standard InChI is InChI=1S/C24H42N2/c1-16(25-4)20-9-10-21-19-8-7-17-15-18(26(5)6)11-13-23(17,2)22(19)12-14-24(20,21)3/h7,16,18-22,25H,8-15H2,1-6H3/t16?,18-,19-,20+,21-,22-,23-,24+/m0/s1. The van der Waals surface area contributed by atoms with Crippen LogP contribution in [0, 0.1) is 34.5 Å². The Morgan fingerprint density at radius 1 is 1.08 bits per heavy atom. The molecule has 26 heavy (non-hydrogen) atoms. The van der Waals surface area contributed by atoms with Gasteiger partial charge >= 0.3 is 0 Å². The highest BCUT2D eigenvalue weighted by Crippen LogP contribution is 2.66. The van der Waals surface area contributed by atoms with Gasteiger partial charge < -0.3 is 10.2 Å². The first-order valence-corrected chi connectivity index (χ1v) is 11.3. The fraction of sp³-hybridized carbons (Fsp3) is 0.917. The van der Waals surface area contributed by atoms with E-state index in [2.05, 4.69) is 58.2 Å². The molecule has 8 atom stereocenters. The van der Waals surface area contributed by atoms with Gasteiger partial charge in [-0.05, 0) is 114 Å². The second kappa shape index (κ2) is 6.62. The van der Waals surface area contributed by atoms with E-state index < -0.39 is 0 Å². The predicted molar refractivity (Wildman–Crippen MR) is 111 cm³/mol. The molecular weight excluding hydrogens is 316 g/mol. The van der Waals surface area contributed by atoms with E-state index in [0.29, 0.717) is 16.9 Å². The van der Waals surface area contributed by atoms with Crippen LogP contribution in [0.15, 0.2) is 11.6 Å². The lowest BCUT2D eigenvalue weighted by atomic mass is 9.47. The maximum absolute atomic E-state index is 3.59. The van der Waals surface area contributed by atoms with Crippen LogP contribution in [0.3, 0.4) is 0 Å². The van der Waals surface area contributed by atoms with Crippen molar-refractivity contribution in [3.05, 3.63) is 11.6 Å². The molecule has 2 heteroatoms. The van der Waals surface area contributed by atoms with E-state index in [1.807, 2.05) is 5.57 Å². The molecule has 3 fully saturated rings. The zero-order valence-electron chi connectivity index (χ0n) is 18.1. The van der Waals surface area contributed by atoms with Crippen LogP contribution in [-0.2, 0) is 0 Å². The Morgan fingerprint density at radius 2 is 1.85 bits per heavy atom. The average molecular weight is 359 g/mol. The fourth-order valence-corrected chi connectivity index (χ4v) is 8.15. The van der Waals surface area contributed by atoms with Gasteiger partial charge in [0.05, 0.1) is 0 Å². The number of hydrogen-bond donors (Lipinski definition) is 1. The van der Waals surface area contributed by atoms with Gasteiger partial charge in [-0.15, -0.1) is 0 Å². The summed E-state index contributed by atoms with van der Waals surface area (Å²) in [5, 5.41) is 3.59. The van der Waals surface area contributed by atoms with Crippen LogP contribution >= 0.6 is 0 Å². The number of allylic oxidation sites excluding steroid dienone is 1. The molecule has 0 heterocycles. The van der Waals surface area contributed by atoms with Crippen LogP contribution in [0.5, 0.6) is 0 Å². The summed E-state index contributed by atoms with van der Waals surface area (Å²) in [5.41, 5.74) is 2.90. The third-order valence-electron chi connectivity index (χ3n) is 9.94. The molecule has 0 aromatic carbocycles. The number of hydrogen-bond acceptors (Lipinski definition) is 2. The Morgan fingerprint density at radius 3 is 2.54 bits per heavy atom. The molecule has 148 valence electrons. The van der Waals surface area contributed by atoms with Gasteiger partial charge in [-0.25, -0.2) is 0 Å². The SMILES string of the molecule is CNC(C)[C@H]1CC[C@H]2[C@@H]3CC=C4C[C@@H](N(C)C)CC[C@]4(C)[C@H]3CC[C@]12C. The van der Waals surface area contributed by atoms with E-state index in [9.17, 15) is 0 Å². The Kier molecular flexibility index (Phi) is 4.84. The van der Waals surface area contributed by atoms with Crippen molar-refractivity contribution in [1.29, 1.82) is 0 Å². The van der Waals surface area contributed by atoms with Crippen LogP contribution in [0.25, 0.3) is 0 Å². The molecule has 4 rings (SSSR count). The molecule has 0 saturated heterocycles. The van der Waals surface area contributed by atoms with Gasteiger partial charge in [0, 0.05) is 12.1 Å². The Labute approximate surface area is 162 Å². The van der Waals surface area contributed by atoms with Gasteiger partial charge in [0.25, 0.3) is 0 Å². The number of nitrogens with one attached hydrogen (secondary N) is 1. The molecule has 0 radical (unpaired) electrons. The first-order chi connectivity index (χ1) is 12.3. The van der Waals surface area contributed by atoms with E-state index in [-0.39, 0.29) is 0 Å². The summed E-state index contributed by atoms with van der Waals surface area (Å²) in [4.78, 5) is 2.46. The van der Waals surface area contributed by atoms with Crippen molar-refractivity contribution in [3.63, 3.8) is 0 Å². The summed E-state index contributed by atoms with van der Waals surface area (Å²) in [7, 11) is 6.70. The zero-order chi connectivity index (χ0) is 18.7. The zero-order valence-corrected chi connectivity index (χ0v) is 18.1. The van der Waals surface area contributed by atoms with Crippen molar-refractivity contribution in [2.75, 3.05) is 21.1 Å². The second-order valence-electron chi connectivity index (χ2n) is 10.9. The van der Waals surface area contributed by atoms with Gasteiger partial charge in [0.15, 0.2) is 0 Å². The van der Waals surface area contributed by atoms with E-state index in [1.165, 1.54) is 51.4 Å². The minimum Gasteiger partial charge on any atom is -0.317 e. The molecule has 3 saturated carbocycles. The van der Waals surface area contributed by atoms with Crippen molar-refractivity contribution in [3.8, 4) is 0 Å². The summed E-state index contributed by atoms with van der Waals surface area (Å²) in [6, 6.07) is 1.44. The lowest BCUT2D eigenvalue weighted by Crippen LogP contribution is -2.52. The molecule has 0 aliphatic heterocycles. The van der Waals surface area contributed by atoms with Crippen LogP contribution in [-0.4, -0.2) is 38.1 Å². The van der Waals surface area contributed by atoms with Crippen LogP contribution in [0.1, 0.15) is 72.1 Å². The average Bonchev–Trinajstić information content (AvgIpc) is 2.97. The predicted octanol–water partition coefficient (Wildman–Crippen LogP) is 5.10. The highest BCUT2D eigenvalue weighted by atomic mass is 15.1. The molecule has 2 nitrogen and oxygen atoms in total. The first-order valence-electron chi connectivity index (χ1n) is 11.3. The smallest absolute Gasteiger partial charge is 0.0127 e. The molecule has 4 aliphatic rings. The Balaban J connectivity index is 1.59. The van der Waals surface area contributed by atoms with Crippen molar-refractivity contribution >= 4 is 0 Å². The minimum atomic E-state index is 0.503. The molecule has 0 aromatic heterocycles. The summed E-state index contributed by atoms with van der Waals surface area (Å²) < 4.78 is 0. The Bertz CT molecular complexity index is 567. The largest absolute Gasteiger partial charge is 0.317 e. The van der Waals surface area contributed by atoms with E-state index in [1.54, 1.807) is 0 Å². The monoisotopic (exact) mass is 358 g/mol. The van der Waals surface area contributed by atoms with Gasteiger partial charge in [-0.2, -0.15) is 0 Å². The Hall–Kier alpha value is -0.340. The van der Waals surface area contributed by atoms with Gasteiger partial charge in [0.1, 0.15) is 0 Å². The highest BCUT2D eigenvalue weighted by molar-refractivity contribution is 5.26. The van der Waals surface area contributed by atoms with Gasteiger partial charge in [-0.1, -0.05) is 25.5 Å². The second-order valence-corrected chi connectivity index (χ2v) is 10.9.